The van der Waals surface area contributed by atoms with Gasteiger partial charge in [-0.2, -0.15) is 0 Å². The fraction of sp³-hybridized carbons (Fsp3) is 0.769. The number of likely N-dealkylation sites (N-methyl/N-ethyl adjacent to an activating group) is 1. The highest BCUT2D eigenvalue weighted by molar-refractivity contribution is 7.47. The molecule has 280 valence electrons. The highest BCUT2D eigenvalue weighted by atomic mass is 31.2. The number of allylic oxidation sites excluding steroid dienone is 8. The number of aliphatic hydroxyl groups is 1. The van der Waals surface area contributed by atoms with E-state index in [0.29, 0.717) is 23.9 Å². The molecule has 0 saturated carbocycles. The van der Waals surface area contributed by atoms with E-state index in [1.807, 2.05) is 21.1 Å². The molecule has 0 rings (SSSR count). The Balaban J connectivity index is 4.48. The smallest absolute Gasteiger partial charge is 0.391 e. The average molecular weight is 698 g/mol. The van der Waals surface area contributed by atoms with E-state index in [2.05, 4.69) is 67.8 Å². The van der Waals surface area contributed by atoms with Crippen LogP contribution in [0.2, 0.25) is 0 Å². The molecule has 0 bridgehead atoms. The van der Waals surface area contributed by atoms with Crippen LogP contribution in [0.1, 0.15) is 142 Å². The van der Waals surface area contributed by atoms with E-state index in [1.54, 1.807) is 0 Å². The normalized spacial score (nSPS) is 15.2. The van der Waals surface area contributed by atoms with Crippen LogP contribution in [0.15, 0.2) is 48.6 Å². The van der Waals surface area contributed by atoms with E-state index in [-0.39, 0.29) is 19.1 Å². The van der Waals surface area contributed by atoms with Gasteiger partial charge in [-0.25, -0.2) is 4.57 Å². The first-order chi connectivity index (χ1) is 23.0. The highest BCUT2D eigenvalue weighted by Crippen LogP contribution is 2.43. The fourth-order valence-electron chi connectivity index (χ4n) is 5.03. The van der Waals surface area contributed by atoms with Gasteiger partial charge in [-0.15, -0.1) is 0 Å². The molecular weight excluding hydrogens is 623 g/mol. The van der Waals surface area contributed by atoms with Crippen LogP contribution in [0.3, 0.4) is 0 Å². The van der Waals surface area contributed by atoms with Gasteiger partial charge in [-0.05, 0) is 51.4 Å². The number of nitrogens with one attached hydrogen (secondary N) is 1. The quantitative estimate of drug-likeness (QED) is 0.0273. The Morgan fingerprint density at radius 1 is 0.729 bits per heavy atom. The standard InChI is InChI=1S/C39H73N2O6P/c1-6-8-10-12-14-16-17-18-19-20-21-22-23-25-27-29-31-33-39(43)40-37(36-47-48(44,45)46-35-34-41(3,4)5)38(42)32-30-28-26-24-15-13-11-9-7-2/h8,10,14,16,18-19,21-22,37-38,42H,6-7,9,11-13,15,17,20,23-36H2,1-5H3,(H-,40,43,44,45)/p+1/b10-8-,16-14-,19-18-,22-21-. The Labute approximate surface area is 295 Å². The minimum Gasteiger partial charge on any atom is -0.391 e. The average Bonchev–Trinajstić information content (AvgIpc) is 3.02. The van der Waals surface area contributed by atoms with Crippen LogP contribution in [0.25, 0.3) is 0 Å². The zero-order valence-electron chi connectivity index (χ0n) is 31.5. The molecule has 9 heteroatoms. The van der Waals surface area contributed by atoms with E-state index >= 15 is 0 Å². The molecule has 8 nitrogen and oxygen atoms in total. The van der Waals surface area contributed by atoms with Crippen LogP contribution in [-0.4, -0.2) is 73.4 Å². The fourth-order valence-corrected chi connectivity index (χ4v) is 5.77. The molecule has 0 radical (unpaired) electrons. The summed E-state index contributed by atoms with van der Waals surface area (Å²) in [6, 6.07) is -0.771. The molecule has 3 atom stereocenters. The highest BCUT2D eigenvalue weighted by Gasteiger charge is 2.28. The summed E-state index contributed by atoms with van der Waals surface area (Å²) >= 11 is 0. The summed E-state index contributed by atoms with van der Waals surface area (Å²) in [5.41, 5.74) is 0. The molecule has 3 N–H and O–H groups in total. The molecule has 0 aromatic heterocycles. The van der Waals surface area contributed by atoms with Gasteiger partial charge in [0.25, 0.3) is 0 Å². The van der Waals surface area contributed by atoms with Crippen molar-refractivity contribution in [2.75, 3.05) is 40.9 Å². The van der Waals surface area contributed by atoms with Crippen LogP contribution >= 0.6 is 7.82 Å². The van der Waals surface area contributed by atoms with Crippen molar-refractivity contribution < 1.29 is 32.9 Å². The number of nitrogens with zero attached hydrogens (tertiary/aromatic N) is 1. The van der Waals surface area contributed by atoms with Gasteiger partial charge < -0.3 is 19.8 Å². The van der Waals surface area contributed by atoms with Crippen molar-refractivity contribution in [1.29, 1.82) is 0 Å². The van der Waals surface area contributed by atoms with Crippen molar-refractivity contribution in [2.45, 2.75) is 154 Å². The second-order valence-electron chi connectivity index (χ2n) is 13.9. The summed E-state index contributed by atoms with van der Waals surface area (Å²) < 4.78 is 23.5. The predicted octanol–water partition coefficient (Wildman–Crippen LogP) is 9.74. The van der Waals surface area contributed by atoms with Gasteiger partial charge in [0.15, 0.2) is 0 Å². The van der Waals surface area contributed by atoms with Gasteiger partial charge in [0.2, 0.25) is 5.91 Å². The van der Waals surface area contributed by atoms with E-state index in [0.717, 1.165) is 77.0 Å². The number of amides is 1. The second-order valence-corrected chi connectivity index (χ2v) is 15.4. The van der Waals surface area contributed by atoms with Gasteiger partial charge in [0.05, 0.1) is 39.9 Å². The van der Waals surface area contributed by atoms with E-state index in [1.165, 1.54) is 38.5 Å². The lowest BCUT2D eigenvalue weighted by atomic mass is 10.0. The largest absolute Gasteiger partial charge is 0.472 e. The Morgan fingerprint density at radius 3 is 1.83 bits per heavy atom. The maximum atomic E-state index is 12.8. The number of carbonyl (C=O) groups is 1. The SMILES string of the molecule is CC/C=C\C/C=C\C/C=C\C/C=C\CCCCCCC(=O)NC(COP(=O)(O)OCC[N+](C)(C)C)C(O)CCCCCCCCCCC. The monoisotopic (exact) mass is 698 g/mol. The molecule has 0 aliphatic heterocycles. The van der Waals surface area contributed by atoms with Crippen molar-refractivity contribution in [3.05, 3.63) is 48.6 Å². The van der Waals surface area contributed by atoms with Crippen molar-refractivity contribution in [1.82, 2.24) is 5.32 Å². The van der Waals surface area contributed by atoms with Crippen molar-refractivity contribution in [3.8, 4) is 0 Å². The van der Waals surface area contributed by atoms with E-state index in [4.69, 9.17) is 9.05 Å². The molecule has 0 aliphatic rings. The maximum Gasteiger partial charge on any atom is 0.472 e. The summed E-state index contributed by atoms with van der Waals surface area (Å²) in [7, 11) is 1.58. The van der Waals surface area contributed by atoms with Crippen LogP contribution < -0.4 is 5.32 Å². The first-order valence-corrected chi connectivity index (χ1v) is 20.5. The molecule has 1 amide bonds. The molecule has 0 spiro atoms. The van der Waals surface area contributed by atoms with Crippen LogP contribution in [0, 0.1) is 0 Å². The third-order valence-electron chi connectivity index (χ3n) is 8.09. The molecule has 3 unspecified atom stereocenters. The van der Waals surface area contributed by atoms with Gasteiger partial charge in [-0.1, -0.05) is 133 Å². The number of unbranched alkanes of at least 4 members (excludes halogenated alkanes) is 12. The maximum absolute atomic E-state index is 12.8. The lowest BCUT2D eigenvalue weighted by molar-refractivity contribution is -0.870. The van der Waals surface area contributed by atoms with Crippen LogP contribution in [0.4, 0.5) is 0 Å². The van der Waals surface area contributed by atoms with Crippen molar-refractivity contribution >= 4 is 13.7 Å². The molecular formula is C39H74N2O6P+. The Kier molecular flexibility index (Phi) is 30.4. The Morgan fingerprint density at radius 2 is 1.25 bits per heavy atom. The van der Waals surface area contributed by atoms with Crippen molar-refractivity contribution in [2.24, 2.45) is 0 Å². The molecule has 0 saturated heterocycles. The van der Waals surface area contributed by atoms with E-state index in [9.17, 15) is 19.4 Å². The molecule has 48 heavy (non-hydrogen) atoms. The first kappa shape index (κ1) is 46.5. The van der Waals surface area contributed by atoms with Gasteiger partial charge >= 0.3 is 7.82 Å². The number of aliphatic hydroxyl groups excluding tert-OH is 1. The topological polar surface area (TPSA) is 105 Å². The number of rotatable bonds is 33. The summed E-state index contributed by atoms with van der Waals surface area (Å²) in [5, 5.41) is 13.8. The molecule has 0 aromatic carbocycles. The Bertz CT molecular complexity index is 928. The minimum atomic E-state index is -4.31. The number of phosphoric acid groups is 1. The van der Waals surface area contributed by atoms with Crippen LogP contribution in [0.5, 0.6) is 0 Å². The van der Waals surface area contributed by atoms with E-state index < -0.39 is 20.0 Å². The Hall–Kier alpha value is -1.54. The molecule has 0 aliphatic carbocycles. The number of carbonyl (C=O) groups excluding carboxylic acids is 1. The third kappa shape index (κ3) is 33.0. The predicted molar refractivity (Wildman–Crippen MR) is 203 cm³/mol. The van der Waals surface area contributed by atoms with Gasteiger partial charge in [0.1, 0.15) is 13.2 Å². The van der Waals surface area contributed by atoms with Crippen molar-refractivity contribution in [3.63, 3.8) is 0 Å². The summed E-state index contributed by atoms with van der Waals surface area (Å²) in [5.74, 6) is -0.174. The van der Waals surface area contributed by atoms with Gasteiger partial charge in [-0.3, -0.25) is 13.8 Å². The molecule has 0 aromatic rings. The number of hydrogen-bond donors (Lipinski definition) is 3. The summed E-state index contributed by atoms with van der Waals surface area (Å²) in [4.78, 5) is 23.0. The molecule has 0 fully saturated rings. The minimum absolute atomic E-state index is 0.0670. The van der Waals surface area contributed by atoms with Crippen LogP contribution in [-0.2, 0) is 18.4 Å². The lowest BCUT2D eigenvalue weighted by Gasteiger charge is -2.26. The molecule has 0 heterocycles. The first-order valence-electron chi connectivity index (χ1n) is 19.0. The summed E-state index contributed by atoms with van der Waals surface area (Å²) in [6.07, 6.45) is 37.1. The number of phosphoric ester groups is 1. The second kappa shape index (κ2) is 31.4. The van der Waals surface area contributed by atoms with Gasteiger partial charge in [0, 0.05) is 6.42 Å². The third-order valence-corrected chi connectivity index (χ3v) is 9.08. The number of quaternary nitrogens is 1. The zero-order chi connectivity index (χ0) is 35.8. The summed E-state index contributed by atoms with van der Waals surface area (Å²) in [6.45, 7) is 4.70. The zero-order valence-corrected chi connectivity index (χ0v) is 32.4. The number of hydrogen-bond acceptors (Lipinski definition) is 5. The lowest BCUT2D eigenvalue weighted by Crippen LogP contribution is -2.46.